The number of aliphatic hydroxyl groups is 1. The van der Waals surface area contributed by atoms with Gasteiger partial charge in [-0.1, -0.05) is 0 Å². The number of halogens is 3. The van der Waals surface area contributed by atoms with Gasteiger partial charge in [0, 0.05) is 12.4 Å². The Morgan fingerprint density at radius 1 is 1.33 bits per heavy atom. The van der Waals surface area contributed by atoms with Gasteiger partial charge >= 0.3 is 6.18 Å². The van der Waals surface area contributed by atoms with Gasteiger partial charge in [0.1, 0.15) is 0 Å². The molecule has 0 aromatic carbocycles. The van der Waals surface area contributed by atoms with Crippen molar-refractivity contribution in [1.29, 1.82) is 0 Å². The molecule has 0 aliphatic rings. The minimum Gasteiger partial charge on any atom is -0.378 e. The van der Waals surface area contributed by atoms with E-state index in [0.29, 0.717) is 0 Å². The van der Waals surface area contributed by atoms with Crippen LogP contribution in [-0.2, 0) is 0 Å². The molecule has 1 atom stereocenters. The van der Waals surface area contributed by atoms with Crippen LogP contribution in [0.5, 0.6) is 0 Å². The number of aromatic nitrogens is 2. The standard InChI is InChI=1S/C6H5F3N2O/c7-6(8,9)5(12)4-3-10-1-2-11-4/h1-3,5,12H. The molecule has 0 fully saturated rings. The molecule has 1 rings (SSSR count). The van der Waals surface area contributed by atoms with E-state index in [2.05, 4.69) is 9.97 Å². The molecule has 0 amide bonds. The first-order valence-electron chi connectivity index (χ1n) is 3.02. The van der Waals surface area contributed by atoms with Gasteiger partial charge in [-0.15, -0.1) is 0 Å². The van der Waals surface area contributed by atoms with E-state index in [1.165, 1.54) is 6.20 Å². The van der Waals surface area contributed by atoms with Crippen LogP contribution in [0.3, 0.4) is 0 Å². The fourth-order valence-electron chi connectivity index (χ4n) is 0.620. The van der Waals surface area contributed by atoms with E-state index in [1.54, 1.807) is 0 Å². The largest absolute Gasteiger partial charge is 0.420 e. The normalized spacial score (nSPS) is 14.3. The maximum atomic E-state index is 11.8. The number of alkyl halides is 3. The first kappa shape index (κ1) is 8.92. The van der Waals surface area contributed by atoms with Crippen LogP contribution in [0.2, 0.25) is 0 Å². The molecule has 66 valence electrons. The number of rotatable bonds is 1. The Bertz CT molecular complexity index is 249. The van der Waals surface area contributed by atoms with Gasteiger partial charge in [-0.2, -0.15) is 13.2 Å². The van der Waals surface area contributed by atoms with Crippen molar-refractivity contribution in [3.05, 3.63) is 24.3 Å². The SMILES string of the molecule is OC(c1cnccn1)C(F)(F)F. The first-order chi connectivity index (χ1) is 5.52. The van der Waals surface area contributed by atoms with Gasteiger partial charge in [0.25, 0.3) is 0 Å². The van der Waals surface area contributed by atoms with Crippen LogP contribution in [0, 0.1) is 0 Å². The summed E-state index contributed by atoms with van der Waals surface area (Å²) in [6.45, 7) is 0. The van der Waals surface area contributed by atoms with Crippen molar-refractivity contribution in [3.63, 3.8) is 0 Å². The van der Waals surface area contributed by atoms with E-state index in [-0.39, 0.29) is 0 Å². The Hall–Kier alpha value is -1.17. The molecule has 1 aromatic rings. The van der Waals surface area contributed by atoms with Crippen LogP contribution in [0.15, 0.2) is 18.6 Å². The molecule has 1 heterocycles. The van der Waals surface area contributed by atoms with Crippen LogP contribution in [0.25, 0.3) is 0 Å². The number of hydrogen-bond donors (Lipinski definition) is 1. The molecule has 6 heteroatoms. The minimum absolute atomic E-state index is 0.495. The van der Waals surface area contributed by atoms with Gasteiger partial charge in [-0.05, 0) is 0 Å². The van der Waals surface area contributed by atoms with Gasteiger partial charge in [0.05, 0.1) is 11.9 Å². The van der Waals surface area contributed by atoms with Crippen LogP contribution in [0.4, 0.5) is 13.2 Å². The van der Waals surface area contributed by atoms with Crippen LogP contribution >= 0.6 is 0 Å². The predicted octanol–water partition coefficient (Wildman–Crippen LogP) is 1.07. The molecular formula is C6H5F3N2O. The maximum absolute atomic E-state index is 11.8. The lowest BCUT2D eigenvalue weighted by atomic mass is 10.2. The van der Waals surface area contributed by atoms with E-state index >= 15 is 0 Å². The predicted molar refractivity (Wildman–Crippen MR) is 33.0 cm³/mol. The summed E-state index contributed by atoms with van der Waals surface area (Å²) in [6, 6.07) is 0. The van der Waals surface area contributed by atoms with Crippen LogP contribution < -0.4 is 0 Å². The van der Waals surface area contributed by atoms with Gasteiger partial charge in [-0.25, -0.2) is 0 Å². The van der Waals surface area contributed by atoms with Crippen molar-refractivity contribution in [2.24, 2.45) is 0 Å². The van der Waals surface area contributed by atoms with Crippen molar-refractivity contribution in [3.8, 4) is 0 Å². The highest BCUT2D eigenvalue weighted by atomic mass is 19.4. The summed E-state index contributed by atoms with van der Waals surface area (Å²) in [7, 11) is 0. The maximum Gasteiger partial charge on any atom is 0.420 e. The summed E-state index contributed by atoms with van der Waals surface area (Å²) in [5.41, 5.74) is -0.495. The average Bonchev–Trinajstić information content (AvgIpc) is 2.03. The lowest BCUT2D eigenvalue weighted by Crippen LogP contribution is -2.21. The van der Waals surface area contributed by atoms with Crippen molar-refractivity contribution in [2.75, 3.05) is 0 Å². The number of hydrogen-bond acceptors (Lipinski definition) is 3. The fraction of sp³-hybridized carbons (Fsp3) is 0.333. The second-order valence-electron chi connectivity index (χ2n) is 2.07. The zero-order chi connectivity index (χ0) is 9.19. The summed E-state index contributed by atoms with van der Waals surface area (Å²) >= 11 is 0. The van der Waals surface area contributed by atoms with Gasteiger partial charge in [-0.3, -0.25) is 9.97 Å². The van der Waals surface area contributed by atoms with E-state index < -0.39 is 18.0 Å². The molecule has 0 saturated heterocycles. The summed E-state index contributed by atoms with van der Waals surface area (Å²) in [5.74, 6) is 0. The van der Waals surface area contributed by atoms with Gasteiger partial charge < -0.3 is 5.11 Å². The Labute approximate surface area is 65.9 Å². The molecule has 12 heavy (non-hydrogen) atoms. The second kappa shape index (κ2) is 3.06. The first-order valence-corrected chi connectivity index (χ1v) is 3.02. The summed E-state index contributed by atoms with van der Waals surface area (Å²) in [6.07, 6.45) is -4.04. The van der Waals surface area contributed by atoms with Crippen molar-refractivity contribution in [1.82, 2.24) is 9.97 Å². The van der Waals surface area contributed by atoms with Gasteiger partial charge in [0.15, 0.2) is 6.10 Å². The third-order valence-corrected chi connectivity index (χ3v) is 1.17. The van der Waals surface area contributed by atoms with E-state index in [1.807, 2.05) is 0 Å². The Balaban J connectivity index is 2.86. The van der Waals surface area contributed by atoms with E-state index in [4.69, 9.17) is 5.11 Å². The molecule has 1 N–H and O–H groups in total. The molecule has 0 radical (unpaired) electrons. The number of nitrogens with zero attached hydrogens (tertiary/aromatic N) is 2. The van der Waals surface area contributed by atoms with E-state index in [0.717, 1.165) is 12.4 Å². The van der Waals surface area contributed by atoms with Gasteiger partial charge in [0.2, 0.25) is 0 Å². The average molecular weight is 178 g/mol. The highest BCUT2D eigenvalue weighted by Crippen LogP contribution is 2.30. The lowest BCUT2D eigenvalue weighted by molar-refractivity contribution is -0.208. The molecule has 1 aromatic heterocycles. The zero-order valence-electron chi connectivity index (χ0n) is 5.78. The number of aliphatic hydroxyl groups excluding tert-OH is 1. The molecule has 3 nitrogen and oxygen atoms in total. The van der Waals surface area contributed by atoms with Crippen LogP contribution in [-0.4, -0.2) is 21.3 Å². The molecule has 0 spiro atoms. The quantitative estimate of drug-likeness (QED) is 0.699. The minimum atomic E-state index is -4.68. The molecule has 0 aliphatic carbocycles. The summed E-state index contributed by atoms with van der Waals surface area (Å²) in [4.78, 5) is 6.71. The Morgan fingerprint density at radius 2 is 2.00 bits per heavy atom. The zero-order valence-corrected chi connectivity index (χ0v) is 5.78. The smallest absolute Gasteiger partial charge is 0.378 e. The highest BCUT2D eigenvalue weighted by molar-refractivity contribution is 5.01. The van der Waals surface area contributed by atoms with E-state index in [9.17, 15) is 13.2 Å². The third-order valence-electron chi connectivity index (χ3n) is 1.17. The molecule has 1 unspecified atom stereocenters. The van der Waals surface area contributed by atoms with Crippen molar-refractivity contribution < 1.29 is 18.3 Å². The molecule has 0 aliphatic heterocycles. The lowest BCUT2D eigenvalue weighted by Gasteiger charge is -2.12. The Kier molecular flexibility index (Phi) is 2.27. The Morgan fingerprint density at radius 3 is 2.42 bits per heavy atom. The molecule has 0 saturated carbocycles. The second-order valence-corrected chi connectivity index (χ2v) is 2.07. The topological polar surface area (TPSA) is 46.0 Å². The van der Waals surface area contributed by atoms with Crippen molar-refractivity contribution in [2.45, 2.75) is 12.3 Å². The fourth-order valence-corrected chi connectivity index (χ4v) is 0.620. The van der Waals surface area contributed by atoms with Crippen LogP contribution in [0.1, 0.15) is 11.8 Å². The molecule has 0 bridgehead atoms. The monoisotopic (exact) mass is 178 g/mol. The summed E-state index contributed by atoms with van der Waals surface area (Å²) < 4.78 is 35.5. The van der Waals surface area contributed by atoms with Crippen molar-refractivity contribution >= 4 is 0 Å². The highest BCUT2D eigenvalue weighted by Gasteiger charge is 2.40. The third kappa shape index (κ3) is 1.91. The molecular weight excluding hydrogens is 173 g/mol. The summed E-state index contributed by atoms with van der Waals surface area (Å²) in [5, 5.41) is 8.63.